The van der Waals surface area contributed by atoms with E-state index in [2.05, 4.69) is 10.6 Å². The maximum Gasteiger partial charge on any atom is 0.326 e. The number of carboxylic acids is 2. The lowest BCUT2D eigenvalue weighted by Gasteiger charge is -2.15. The number of rotatable bonds is 10. The summed E-state index contributed by atoms with van der Waals surface area (Å²) in [4.78, 5) is 43.4. The van der Waals surface area contributed by atoms with Gasteiger partial charge in [-0.05, 0) is 19.3 Å². The summed E-state index contributed by atoms with van der Waals surface area (Å²) in [5, 5.41) is 22.1. The largest absolute Gasteiger partial charge is 0.480 e. The summed E-state index contributed by atoms with van der Waals surface area (Å²) < 4.78 is 0. The van der Waals surface area contributed by atoms with Gasteiger partial charge in [-0.3, -0.25) is 9.59 Å². The molecule has 0 radical (unpaired) electrons. The van der Waals surface area contributed by atoms with Gasteiger partial charge in [0.1, 0.15) is 12.1 Å². The first-order valence-corrected chi connectivity index (χ1v) is 6.28. The summed E-state index contributed by atoms with van der Waals surface area (Å²) in [5.74, 6) is -3.04. The van der Waals surface area contributed by atoms with Crippen molar-refractivity contribution in [3.63, 3.8) is 0 Å². The quantitative estimate of drug-likeness (QED) is 0.257. The Morgan fingerprint density at radius 3 is 2.14 bits per heavy atom. The highest BCUT2D eigenvalue weighted by molar-refractivity contribution is 5.84. The van der Waals surface area contributed by atoms with Crippen LogP contribution in [0.3, 0.4) is 0 Å². The lowest BCUT2D eigenvalue weighted by molar-refractivity contribution is -0.142. The van der Waals surface area contributed by atoms with E-state index >= 15 is 0 Å². The van der Waals surface area contributed by atoms with Crippen LogP contribution in [-0.2, 0) is 14.4 Å². The van der Waals surface area contributed by atoms with Crippen LogP contribution in [0.25, 0.3) is 0 Å². The summed E-state index contributed by atoms with van der Waals surface area (Å²) >= 11 is 0. The van der Waals surface area contributed by atoms with Crippen LogP contribution >= 0.6 is 0 Å². The average Bonchev–Trinajstić information content (AvgIpc) is 2.38. The van der Waals surface area contributed by atoms with Crippen molar-refractivity contribution >= 4 is 23.9 Å². The molecule has 2 atom stereocenters. The molecular formula is C11H20N4O6. The van der Waals surface area contributed by atoms with Crippen LogP contribution in [0.5, 0.6) is 0 Å². The predicted octanol–water partition coefficient (Wildman–Crippen LogP) is -1.80. The summed E-state index contributed by atoms with van der Waals surface area (Å²) in [6, 6.07) is -3.00. The Kier molecular flexibility index (Phi) is 8.46. The van der Waals surface area contributed by atoms with Crippen LogP contribution in [-0.4, -0.2) is 52.7 Å². The number of amides is 3. The van der Waals surface area contributed by atoms with Crippen LogP contribution in [0, 0.1) is 0 Å². The second-order valence-corrected chi connectivity index (χ2v) is 4.37. The van der Waals surface area contributed by atoms with Crippen molar-refractivity contribution in [1.29, 1.82) is 0 Å². The number of hydrogen-bond acceptors (Lipinski definition) is 5. The third kappa shape index (κ3) is 9.21. The smallest absolute Gasteiger partial charge is 0.326 e. The van der Waals surface area contributed by atoms with Crippen molar-refractivity contribution < 1.29 is 29.4 Å². The van der Waals surface area contributed by atoms with Gasteiger partial charge >= 0.3 is 18.0 Å². The van der Waals surface area contributed by atoms with Crippen molar-refractivity contribution in [2.24, 2.45) is 11.5 Å². The van der Waals surface area contributed by atoms with Crippen molar-refractivity contribution in [1.82, 2.24) is 10.6 Å². The van der Waals surface area contributed by atoms with Crippen molar-refractivity contribution in [3.8, 4) is 0 Å². The molecule has 0 aromatic rings. The number of hydrogen-bond donors (Lipinski definition) is 6. The van der Waals surface area contributed by atoms with E-state index in [1.54, 1.807) is 0 Å². The lowest BCUT2D eigenvalue weighted by Crippen LogP contribution is -2.42. The van der Waals surface area contributed by atoms with Gasteiger partial charge in [0.2, 0.25) is 5.91 Å². The zero-order valence-electron chi connectivity index (χ0n) is 11.4. The Morgan fingerprint density at radius 2 is 1.67 bits per heavy atom. The van der Waals surface area contributed by atoms with Gasteiger partial charge in [0.25, 0.3) is 0 Å². The molecule has 0 fully saturated rings. The number of carboxylic acid groups (broad SMARTS) is 2. The molecule has 3 amide bonds. The summed E-state index contributed by atoms with van der Waals surface area (Å²) in [6.07, 6.45) is 0.148. The van der Waals surface area contributed by atoms with E-state index in [1.165, 1.54) is 0 Å². The molecule has 2 unspecified atom stereocenters. The third-order valence-corrected chi connectivity index (χ3v) is 2.60. The second-order valence-electron chi connectivity index (χ2n) is 4.37. The molecule has 0 aliphatic carbocycles. The Labute approximate surface area is 120 Å². The van der Waals surface area contributed by atoms with Crippen molar-refractivity contribution in [2.45, 2.75) is 37.8 Å². The van der Waals surface area contributed by atoms with Crippen LogP contribution in [0.4, 0.5) is 4.79 Å². The first-order chi connectivity index (χ1) is 9.73. The Bertz CT molecular complexity index is 400. The van der Waals surface area contributed by atoms with E-state index in [1.807, 2.05) is 0 Å². The number of carbonyl (C=O) groups is 4. The fourth-order valence-electron chi connectivity index (χ4n) is 1.45. The van der Waals surface area contributed by atoms with Crippen LogP contribution in [0.2, 0.25) is 0 Å². The van der Waals surface area contributed by atoms with Gasteiger partial charge in [-0.2, -0.15) is 0 Å². The topological polar surface area (TPSA) is 185 Å². The number of aliphatic carboxylic acids is 2. The van der Waals surface area contributed by atoms with Crippen molar-refractivity contribution in [3.05, 3.63) is 0 Å². The lowest BCUT2D eigenvalue weighted by atomic mass is 10.1. The van der Waals surface area contributed by atoms with E-state index in [4.69, 9.17) is 21.7 Å². The Morgan fingerprint density at radius 1 is 1.05 bits per heavy atom. The monoisotopic (exact) mass is 304 g/mol. The van der Waals surface area contributed by atoms with E-state index in [9.17, 15) is 19.2 Å². The average molecular weight is 304 g/mol. The normalized spacial score (nSPS) is 13.0. The van der Waals surface area contributed by atoms with E-state index in [0.29, 0.717) is 6.42 Å². The highest BCUT2D eigenvalue weighted by atomic mass is 16.4. The van der Waals surface area contributed by atoms with Crippen LogP contribution < -0.4 is 22.1 Å². The molecular weight excluding hydrogens is 284 g/mol. The minimum atomic E-state index is -1.23. The van der Waals surface area contributed by atoms with E-state index < -0.39 is 36.0 Å². The maximum absolute atomic E-state index is 11.5. The zero-order valence-corrected chi connectivity index (χ0v) is 11.4. The Hall–Kier alpha value is -2.36. The van der Waals surface area contributed by atoms with Gasteiger partial charge in [0.05, 0.1) is 0 Å². The molecule has 120 valence electrons. The zero-order chi connectivity index (χ0) is 16.4. The number of urea groups is 1. The van der Waals surface area contributed by atoms with Gasteiger partial charge < -0.3 is 32.3 Å². The SMILES string of the molecule is NC(=O)NCCCC(NC(=O)CCC(N)C(=O)O)C(=O)O. The minimum Gasteiger partial charge on any atom is -0.480 e. The molecule has 0 heterocycles. The number of carbonyl (C=O) groups excluding carboxylic acids is 2. The maximum atomic E-state index is 11.5. The highest BCUT2D eigenvalue weighted by Crippen LogP contribution is 2.00. The molecule has 0 aliphatic heterocycles. The molecule has 0 saturated carbocycles. The molecule has 0 aromatic carbocycles. The summed E-state index contributed by atoms with van der Waals surface area (Å²) in [7, 11) is 0. The Balaban J connectivity index is 4.12. The van der Waals surface area contributed by atoms with Gasteiger partial charge in [0, 0.05) is 13.0 Å². The number of nitrogens with two attached hydrogens (primary N) is 2. The fourth-order valence-corrected chi connectivity index (χ4v) is 1.45. The molecule has 10 heteroatoms. The molecule has 0 bridgehead atoms. The molecule has 0 spiro atoms. The molecule has 0 aromatic heterocycles. The standard InChI is InChI=1S/C11H20N4O6/c12-6(9(17)18)3-4-8(16)15-7(10(19)20)2-1-5-14-11(13)21/h6-7H,1-5,12H2,(H,15,16)(H,17,18)(H,19,20)(H3,13,14,21). The van der Waals surface area contributed by atoms with Crippen LogP contribution in [0.15, 0.2) is 0 Å². The predicted molar refractivity (Wildman–Crippen MR) is 71.2 cm³/mol. The van der Waals surface area contributed by atoms with Gasteiger partial charge in [-0.15, -0.1) is 0 Å². The first kappa shape index (κ1) is 18.6. The van der Waals surface area contributed by atoms with Crippen molar-refractivity contribution in [2.75, 3.05) is 6.54 Å². The molecule has 10 nitrogen and oxygen atoms in total. The van der Waals surface area contributed by atoms with Gasteiger partial charge in [-0.1, -0.05) is 0 Å². The number of nitrogens with one attached hydrogen (secondary N) is 2. The number of primary amides is 1. The van der Waals surface area contributed by atoms with Gasteiger partial charge in [0.15, 0.2) is 0 Å². The summed E-state index contributed by atoms with van der Waals surface area (Å²) in [6.45, 7) is 0.193. The third-order valence-electron chi connectivity index (χ3n) is 2.60. The van der Waals surface area contributed by atoms with E-state index in [-0.39, 0.29) is 25.8 Å². The molecule has 0 saturated heterocycles. The highest BCUT2D eigenvalue weighted by Gasteiger charge is 2.20. The first-order valence-electron chi connectivity index (χ1n) is 6.28. The molecule has 0 rings (SSSR count). The fraction of sp³-hybridized carbons (Fsp3) is 0.636. The van der Waals surface area contributed by atoms with Crippen LogP contribution in [0.1, 0.15) is 25.7 Å². The summed E-state index contributed by atoms with van der Waals surface area (Å²) in [5.41, 5.74) is 10.1. The van der Waals surface area contributed by atoms with E-state index in [0.717, 1.165) is 0 Å². The molecule has 8 N–H and O–H groups in total. The second kappa shape index (κ2) is 9.53. The van der Waals surface area contributed by atoms with Gasteiger partial charge in [-0.25, -0.2) is 9.59 Å². The minimum absolute atomic E-state index is 0.0866. The molecule has 21 heavy (non-hydrogen) atoms. The molecule has 0 aliphatic rings.